The average molecular weight is 357 g/mol. The van der Waals surface area contributed by atoms with Crippen LogP contribution < -0.4 is 0 Å². The molecule has 0 N–H and O–H groups in total. The van der Waals surface area contributed by atoms with Gasteiger partial charge in [-0.3, -0.25) is 19.4 Å². The van der Waals surface area contributed by atoms with E-state index >= 15 is 0 Å². The summed E-state index contributed by atoms with van der Waals surface area (Å²) < 4.78 is 9.41. The van der Waals surface area contributed by atoms with Gasteiger partial charge in [-0.05, 0) is 60.8 Å². The van der Waals surface area contributed by atoms with E-state index in [0.29, 0.717) is 0 Å². The molecule has 146 valence electrons. The Morgan fingerprint density at radius 2 is 1.56 bits per heavy atom. The van der Waals surface area contributed by atoms with Gasteiger partial charge >= 0.3 is 11.9 Å². The summed E-state index contributed by atoms with van der Waals surface area (Å²) in [4.78, 5) is 26.4. The number of carbonyl (C=O) groups is 2. The van der Waals surface area contributed by atoms with E-state index in [1.807, 2.05) is 51.0 Å². The van der Waals surface area contributed by atoms with Crippen LogP contribution in [0.4, 0.5) is 0 Å². The van der Waals surface area contributed by atoms with Crippen LogP contribution in [-0.2, 0) is 19.1 Å². The number of esters is 2. The fraction of sp³-hybridized carbons (Fsp3) is 0.684. The summed E-state index contributed by atoms with van der Waals surface area (Å²) in [6.45, 7) is 9.12. The van der Waals surface area contributed by atoms with Gasteiger partial charge in [0.05, 0.1) is 14.2 Å². The number of likely N-dealkylation sites (N-methyl/N-ethyl adjacent to an activating group) is 2. The van der Waals surface area contributed by atoms with E-state index in [2.05, 4.69) is 17.9 Å². The van der Waals surface area contributed by atoms with Gasteiger partial charge in [0, 0.05) is 0 Å². The molecule has 0 rings (SSSR count). The summed E-state index contributed by atoms with van der Waals surface area (Å²) in [7, 11) is 10.3. The van der Waals surface area contributed by atoms with Crippen LogP contribution in [-0.4, -0.2) is 75.7 Å². The molecule has 0 spiro atoms. The smallest absolute Gasteiger partial charge is 0.325 e. The lowest BCUT2D eigenvalue weighted by Gasteiger charge is -2.33. The Balaban J connectivity index is 0. The highest BCUT2D eigenvalue weighted by Gasteiger charge is 2.35. The van der Waals surface area contributed by atoms with Crippen molar-refractivity contribution in [3.05, 3.63) is 25.3 Å². The van der Waals surface area contributed by atoms with Crippen molar-refractivity contribution in [3.8, 4) is 0 Å². The van der Waals surface area contributed by atoms with E-state index in [1.165, 1.54) is 14.2 Å². The quantitative estimate of drug-likeness (QED) is 0.443. The van der Waals surface area contributed by atoms with Gasteiger partial charge in [0.15, 0.2) is 0 Å². The van der Waals surface area contributed by atoms with Crippen LogP contribution in [0.25, 0.3) is 0 Å². The predicted molar refractivity (Wildman–Crippen MR) is 102 cm³/mol. The molecule has 0 amide bonds. The average Bonchev–Trinajstić information content (AvgIpc) is 2.58. The molecule has 25 heavy (non-hydrogen) atoms. The van der Waals surface area contributed by atoms with Crippen molar-refractivity contribution in [1.82, 2.24) is 9.80 Å². The molecule has 0 aliphatic carbocycles. The number of carbonyl (C=O) groups excluding carboxylic acids is 2. The SMILES string of the molecule is C=CCCC(C(=O)OC)N(C)C.C=CCCC(C)(C(=O)OC)N(C)C. The van der Waals surface area contributed by atoms with Crippen molar-refractivity contribution >= 4 is 11.9 Å². The van der Waals surface area contributed by atoms with E-state index in [1.54, 1.807) is 6.08 Å². The lowest BCUT2D eigenvalue weighted by Crippen LogP contribution is -2.49. The maximum atomic E-state index is 11.5. The molecule has 0 bridgehead atoms. The molecule has 6 nitrogen and oxygen atoms in total. The summed E-state index contributed by atoms with van der Waals surface area (Å²) in [5.41, 5.74) is -0.539. The molecule has 0 aromatic carbocycles. The fourth-order valence-corrected chi connectivity index (χ4v) is 2.11. The third-order valence-electron chi connectivity index (χ3n) is 4.19. The Hall–Kier alpha value is -1.66. The number of rotatable bonds is 10. The number of hydrogen-bond acceptors (Lipinski definition) is 6. The highest BCUT2D eigenvalue weighted by molar-refractivity contribution is 5.80. The first-order valence-corrected chi connectivity index (χ1v) is 8.34. The summed E-state index contributed by atoms with van der Waals surface area (Å²) in [6, 6.07) is -0.145. The van der Waals surface area contributed by atoms with Crippen LogP contribution in [0.5, 0.6) is 0 Å². The van der Waals surface area contributed by atoms with Gasteiger partial charge in [-0.25, -0.2) is 0 Å². The molecule has 0 heterocycles. The minimum atomic E-state index is -0.539. The van der Waals surface area contributed by atoms with Crippen LogP contribution in [0.3, 0.4) is 0 Å². The maximum absolute atomic E-state index is 11.5. The van der Waals surface area contributed by atoms with Gasteiger partial charge in [-0.2, -0.15) is 0 Å². The van der Waals surface area contributed by atoms with Crippen molar-refractivity contribution in [3.63, 3.8) is 0 Å². The van der Waals surface area contributed by atoms with Crippen LogP contribution in [0.2, 0.25) is 0 Å². The third kappa shape index (κ3) is 9.41. The number of nitrogens with zero attached hydrogens (tertiary/aromatic N) is 2. The van der Waals surface area contributed by atoms with E-state index in [0.717, 1.165) is 25.7 Å². The second-order valence-corrected chi connectivity index (χ2v) is 6.36. The molecule has 0 aliphatic rings. The van der Waals surface area contributed by atoms with Crippen LogP contribution in [0.15, 0.2) is 25.3 Å². The van der Waals surface area contributed by atoms with E-state index in [9.17, 15) is 9.59 Å². The Bertz CT molecular complexity index is 422. The van der Waals surface area contributed by atoms with Crippen molar-refractivity contribution in [2.45, 2.75) is 44.2 Å². The molecule has 0 aliphatic heterocycles. The highest BCUT2D eigenvalue weighted by atomic mass is 16.5. The summed E-state index contributed by atoms with van der Waals surface area (Å²) in [6.07, 6.45) is 6.76. The Morgan fingerprint density at radius 3 is 1.88 bits per heavy atom. The van der Waals surface area contributed by atoms with Gasteiger partial charge in [-0.1, -0.05) is 12.2 Å². The van der Waals surface area contributed by atoms with Gasteiger partial charge < -0.3 is 9.47 Å². The van der Waals surface area contributed by atoms with Crippen LogP contribution in [0, 0.1) is 0 Å². The van der Waals surface area contributed by atoms with Gasteiger partial charge in [0.2, 0.25) is 0 Å². The minimum Gasteiger partial charge on any atom is -0.468 e. The number of hydrogen-bond donors (Lipinski definition) is 0. The van der Waals surface area contributed by atoms with Crippen LogP contribution >= 0.6 is 0 Å². The first-order valence-electron chi connectivity index (χ1n) is 8.34. The fourth-order valence-electron chi connectivity index (χ4n) is 2.11. The zero-order valence-corrected chi connectivity index (χ0v) is 17.0. The monoisotopic (exact) mass is 356 g/mol. The van der Waals surface area contributed by atoms with Gasteiger partial charge in [0.25, 0.3) is 0 Å². The van der Waals surface area contributed by atoms with E-state index in [4.69, 9.17) is 4.74 Å². The Morgan fingerprint density at radius 1 is 1.04 bits per heavy atom. The van der Waals surface area contributed by atoms with Crippen molar-refractivity contribution in [1.29, 1.82) is 0 Å². The molecule has 0 aromatic rings. The van der Waals surface area contributed by atoms with Crippen molar-refractivity contribution in [2.75, 3.05) is 42.4 Å². The summed E-state index contributed by atoms with van der Waals surface area (Å²) >= 11 is 0. The van der Waals surface area contributed by atoms with Crippen molar-refractivity contribution < 1.29 is 19.1 Å². The Kier molecular flexibility index (Phi) is 13.9. The molecule has 0 saturated heterocycles. The topological polar surface area (TPSA) is 59.1 Å². The zero-order valence-electron chi connectivity index (χ0n) is 17.0. The largest absolute Gasteiger partial charge is 0.468 e. The molecule has 6 heteroatoms. The van der Waals surface area contributed by atoms with E-state index < -0.39 is 5.54 Å². The molecular weight excluding hydrogens is 320 g/mol. The molecule has 2 unspecified atom stereocenters. The van der Waals surface area contributed by atoms with Gasteiger partial charge in [0.1, 0.15) is 11.6 Å². The zero-order chi connectivity index (χ0) is 20.0. The normalized spacial score (nSPS) is 14.0. The second-order valence-electron chi connectivity index (χ2n) is 6.36. The Labute approximate surface area is 153 Å². The first-order chi connectivity index (χ1) is 11.6. The molecule has 0 radical (unpaired) electrons. The molecule has 0 saturated carbocycles. The molecule has 0 aromatic heterocycles. The number of ether oxygens (including phenoxy) is 2. The summed E-state index contributed by atoms with van der Waals surface area (Å²) in [5.74, 6) is -0.374. The first kappa shape index (κ1) is 25.6. The minimum absolute atomic E-state index is 0.145. The van der Waals surface area contributed by atoms with Gasteiger partial charge in [-0.15, -0.1) is 13.2 Å². The number of methoxy groups -OCH3 is 2. The molecule has 2 atom stereocenters. The van der Waals surface area contributed by atoms with Crippen molar-refractivity contribution in [2.24, 2.45) is 0 Å². The highest BCUT2D eigenvalue weighted by Crippen LogP contribution is 2.20. The lowest BCUT2D eigenvalue weighted by atomic mass is 9.94. The second kappa shape index (κ2) is 13.6. The predicted octanol–water partition coefficient (Wildman–Crippen LogP) is 2.50. The molecular formula is C19H36N2O4. The summed E-state index contributed by atoms with van der Waals surface area (Å²) in [5, 5.41) is 0. The maximum Gasteiger partial charge on any atom is 0.325 e. The third-order valence-corrected chi connectivity index (χ3v) is 4.19. The van der Waals surface area contributed by atoms with Crippen LogP contribution in [0.1, 0.15) is 32.6 Å². The number of allylic oxidation sites excluding steroid dienone is 2. The standard InChI is InChI=1S/C10H19NO2.C9H17NO2/c1-6-7-8-10(2,11(3)4)9(12)13-5;1-5-6-7-8(10(2)3)9(11)12-4/h6H,1,7-8H2,2-5H3;5,8H,1,6-7H2,2-4H3. The lowest BCUT2D eigenvalue weighted by molar-refractivity contribution is -0.153. The molecule has 0 fully saturated rings. The van der Waals surface area contributed by atoms with E-state index in [-0.39, 0.29) is 18.0 Å².